The van der Waals surface area contributed by atoms with Crippen molar-refractivity contribution in [1.82, 2.24) is 19.7 Å². The Labute approximate surface area is 102 Å². The number of nitrogens with zero attached hydrogens (tertiary/aromatic N) is 4. The van der Waals surface area contributed by atoms with Crippen LogP contribution in [-0.4, -0.2) is 19.7 Å². The molecule has 0 aliphatic rings. The summed E-state index contributed by atoms with van der Waals surface area (Å²) < 4.78 is 1.62. The largest absolute Gasteiger partial charge is 0.366 e. The summed E-state index contributed by atoms with van der Waals surface area (Å²) in [6.45, 7) is 0. The predicted molar refractivity (Wildman–Crippen MR) is 66.1 cm³/mol. The van der Waals surface area contributed by atoms with Gasteiger partial charge in [-0.15, -0.1) is 5.10 Å². The Hall–Kier alpha value is -2.14. The lowest BCUT2D eigenvalue weighted by molar-refractivity contribution is 0.889. The molecule has 0 saturated carbocycles. The SMILES string of the molecule is Nc1ncn(-c2ccnc3cc(Cl)ccc23)n1. The number of benzene rings is 1. The van der Waals surface area contributed by atoms with E-state index in [1.54, 1.807) is 23.3 Å². The van der Waals surface area contributed by atoms with Crippen LogP contribution in [0.1, 0.15) is 0 Å². The van der Waals surface area contributed by atoms with Gasteiger partial charge in [0.25, 0.3) is 0 Å². The van der Waals surface area contributed by atoms with Gasteiger partial charge in [-0.05, 0) is 24.3 Å². The van der Waals surface area contributed by atoms with Gasteiger partial charge in [-0.3, -0.25) is 4.98 Å². The summed E-state index contributed by atoms with van der Waals surface area (Å²) in [6, 6.07) is 7.37. The van der Waals surface area contributed by atoms with Crippen LogP contribution in [0.25, 0.3) is 16.6 Å². The Morgan fingerprint density at radius 2 is 2.06 bits per heavy atom. The van der Waals surface area contributed by atoms with E-state index < -0.39 is 0 Å². The monoisotopic (exact) mass is 245 g/mol. The Morgan fingerprint density at radius 1 is 1.18 bits per heavy atom. The zero-order valence-corrected chi connectivity index (χ0v) is 9.46. The van der Waals surface area contributed by atoms with Crippen molar-refractivity contribution in [2.75, 3.05) is 5.73 Å². The van der Waals surface area contributed by atoms with E-state index in [9.17, 15) is 0 Å². The summed E-state index contributed by atoms with van der Waals surface area (Å²) >= 11 is 5.93. The highest BCUT2D eigenvalue weighted by molar-refractivity contribution is 6.31. The minimum atomic E-state index is 0.240. The van der Waals surface area contributed by atoms with Gasteiger partial charge in [0.05, 0.1) is 11.2 Å². The third-order valence-corrected chi connectivity index (χ3v) is 2.67. The molecule has 6 heteroatoms. The summed E-state index contributed by atoms with van der Waals surface area (Å²) in [4.78, 5) is 8.16. The molecule has 5 nitrogen and oxygen atoms in total. The van der Waals surface area contributed by atoms with Gasteiger partial charge < -0.3 is 5.73 Å². The zero-order chi connectivity index (χ0) is 11.8. The molecule has 0 fully saturated rings. The van der Waals surface area contributed by atoms with E-state index >= 15 is 0 Å². The molecule has 0 saturated heterocycles. The van der Waals surface area contributed by atoms with Crippen LogP contribution in [0.2, 0.25) is 5.02 Å². The summed E-state index contributed by atoms with van der Waals surface area (Å²) in [7, 11) is 0. The number of hydrogen-bond acceptors (Lipinski definition) is 4. The zero-order valence-electron chi connectivity index (χ0n) is 8.71. The van der Waals surface area contributed by atoms with Gasteiger partial charge in [0.1, 0.15) is 6.33 Å². The number of aromatic nitrogens is 4. The maximum absolute atomic E-state index is 5.93. The molecule has 0 atom stereocenters. The standard InChI is InChI=1S/C11H8ClN5/c12-7-1-2-8-9(5-7)14-4-3-10(8)17-6-15-11(13)16-17/h1-6H,(H2,13,16). The van der Waals surface area contributed by atoms with Gasteiger partial charge in [0, 0.05) is 16.6 Å². The number of nitrogens with two attached hydrogens (primary N) is 1. The summed E-state index contributed by atoms with van der Waals surface area (Å²) in [5, 5.41) is 5.68. The number of hydrogen-bond donors (Lipinski definition) is 1. The number of nitrogen functional groups attached to an aromatic ring is 1. The average molecular weight is 246 g/mol. The second kappa shape index (κ2) is 3.71. The lowest BCUT2D eigenvalue weighted by atomic mass is 10.2. The minimum Gasteiger partial charge on any atom is -0.366 e. The maximum Gasteiger partial charge on any atom is 0.239 e. The molecule has 0 radical (unpaired) electrons. The highest BCUT2D eigenvalue weighted by Crippen LogP contribution is 2.22. The van der Waals surface area contributed by atoms with Crippen molar-refractivity contribution < 1.29 is 0 Å². The summed E-state index contributed by atoms with van der Waals surface area (Å²) in [5.74, 6) is 0.240. The lowest BCUT2D eigenvalue weighted by Crippen LogP contribution is -1.98. The van der Waals surface area contributed by atoms with Crippen molar-refractivity contribution in [3.8, 4) is 5.69 Å². The summed E-state index contributed by atoms with van der Waals surface area (Å²) in [5.41, 5.74) is 7.18. The first-order valence-electron chi connectivity index (χ1n) is 4.96. The van der Waals surface area contributed by atoms with Crippen molar-refractivity contribution >= 4 is 28.5 Å². The van der Waals surface area contributed by atoms with Crippen LogP contribution in [0.5, 0.6) is 0 Å². The normalized spacial score (nSPS) is 10.9. The van der Waals surface area contributed by atoms with E-state index in [2.05, 4.69) is 15.1 Å². The van der Waals surface area contributed by atoms with Gasteiger partial charge in [-0.2, -0.15) is 0 Å². The van der Waals surface area contributed by atoms with Crippen molar-refractivity contribution in [1.29, 1.82) is 0 Å². The summed E-state index contributed by atoms with van der Waals surface area (Å²) in [6.07, 6.45) is 3.27. The minimum absolute atomic E-state index is 0.240. The van der Waals surface area contributed by atoms with Crippen molar-refractivity contribution in [2.45, 2.75) is 0 Å². The van der Waals surface area contributed by atoms with Gasteiger partial charge in [0.15, 0.2) is 0 Å². The first-order valence-corrected chi connectivity index (χ1v) is 5.33. The molecule has 0 unspecified atom stereocenters. The Bertz CT molecular complexity index is 691. The molecule has 0 amide bonds. The third-order valence-electron chi connectivity index (χ3n) is 2.44. The van der Waals surface area contributed by atoms with E-state index in [4.69, 9.17) is 17.3 Å². The fourth-order valence-corrected chi connectivity index (χ4v) is 1.86. The number of anilines is 1. The molecule has 84 valence electrons. The molecule has 0 bridgehead atoms. The van der Waals surface area contributed by atoms with Gasteiger partial charge in [-0.1, -0.05) is 11.6 Å². The topological polar surface area (TPSA) is 69.6 Å². The molecule has 2 aromatic heterocycles. The highest BCUT2D eigenvalue weighted by Gasteiger charge is 2.06. The molecule has 1 aromatic carbocycles. The van der Waals surface area contributed by atoms with Crippen LogP contribution in [0, 0.1) is 0 Å². The first kappa shape index (κ1) is 10.0. The van der Waals surface area contributed by atoms with E-state index in [0.29, 0.717) is 5.02 Å². The second-order valence-electron chi connectivity index (χ2n) is 3.54. The quantitative estimate of drug-likeness (QED) is 0.712. The molecule has 0 aliphatic heterocycles. The van der Waals surface area contributed by atoms with Crippen LogP contribution in [0.3, 0.4) is 0 Å². The fraction of sp³-hybridized carbons (Fsp3) is 0. The maximum atomic E-state index is 5.93. The lowest BCUT2D eigenvalue weighted by Gasteiger charge is -2.05. The number of rotatable bonds is 1. The Kier molecular flexibility index (Phi) is 2.19. The van der Waals surface area contributed by atoms with Gasteiger partial charge in [0.2, 0.25) is 5.95 Å². The molecule has 3 aromatic rings. The molecular weight excluding hydrogens is 238 g/mol. The first-order chi connectivity index (χ1) is 8.24. The number of halogens is 1. The molecule has 0 aliphatic carbocycles. The molecule has 2 N–H and O–H groups in total. The smallest absolute Gasteiger partial charge is 0.239 e. The van der Waals surface area contributed by atoms with Crippen LogP contribution in [0.4, 0.5) is 5.95 Å². The van der Waals surface area contributed by atoms with Gasteiger partial charge >= 0.3 is 0 Å². The van der Waals surface area contributed by atoms with Crippen molar-refractivity contribution in [2.24, 2.45) is 0 Å². The number of pyridine rings is 1. The fourth-order valence-electron chi connectivity index (χ4n) is 1.70. The second-order valence-corrected chi connectivity index (χ2v) is 3.98. The van der Waals surface area contributed by atoms with Crippen LogP contribution >= 0.6 is 11.6 Å². The van der Waals surface area contributed by atoms with Gasteiger partial charge in [-0.25, -0.2) is 9.67 Å². The molecule has 2 heterocycles. The van der Waals surface area contributed by atoms with Crippen LogP contribution in [-0.2, 0) is 0 Å². The third kappa shape index (κ3) is 1.70. The van der Waals surface area contributed by atoms with Crippen molar-refractivity contribution in [3.05, 3.63) is 41.8 Å². The highest BCUT2D eigenvalue weighted by atomic mass is 35.5. The van der Waals surface area contributed by atoms with E-state index in [1.807, 2.05) is 18.2 Å². The molecule has 3 rings (SSSR count). The molecular formula is C11H8ClN5. The van der Waals surface area contributed by atoms with Crippen molar-refractivity contribution in [3.63, 3.8) is 0 Å². The van der Waals surface area contributed by atoms with E-state index in [-0.39, 0.29) is 5.95 Å². The average Bonchev–Trinajstić information content (AvgIpc) is 2.74. The predicted octanol–water partition coefficient (Wildman–Crippen LogP) is 2.05. The molecule has 0 spiro atoms. The van der Waals surface area contributed by atoms with E-state index in [1.165, 1.54) is 0 Å². The molecule has 17 heavy (non-hydrogen) atoms. The number of fused-ring (bicyclic) bond motifs is 1. The van der Waals surface area contributed by atoms with Crippen LogP contribution in [0.15, 0.2) is 36.8 Å². The Balaban J connectivity index is 2.30. The van der Waals surface area contributed by atoms with E-state index in [0.717, 1.165) is 16.6 Å². The van der Waals surface area contributed by atoms with Crippen LogP contribution < -0.4 is 5.73 Å². The Morgan fingerprint density at radius 3 is 2.82 bits per heavy atom.